The zero-order chi connectivity index (χ0) is 20.2. The molecule has 1 saturated heterocycles. The maximum absolute atomic E-state index is 12.5. The Morgan fingerprint density at radius 2 is 1.93 bits per heavy atom. The summed E-state index contributed by atoms with van der Waals surface area (Å²) in [5.74, 6) is 1.21. The molecule has 1 aromatic heterocycles. The summed E-state index contributed by atoms with van der Waals surface area (Å²) in [6, 6.07) is 16.1. The molecule has 2 aromatic carbocycles. The number of nitrogens with one attached hydrogen (secondary N) is 4. The first-order chi connectivity index (χ1) is 14.1. The van der Waals surface area contributed by atoms with Gasteiger partial charge in [0, 0.05) is 36.4 Å². The third-order valence-corrected chi connectivity index (χ3v) is 5.79. The number of amides is 1. The van der Waals surface area contributed by atoms with E-state index in [-0.39, 0.29) is 23.9 Å². The smallest absolute Gasteiger partial charge is 0.220 e. The quantitative estimate of drug-likeness (QED) is 0.448. The minimum absolute atomic E-state index is 0.0796. The van der Waals surface area contributed by atoms with Crippen LogP contribution in [0.15, 0.2) is 48.5 Å². The Balaban J connectivity index is 1.26. The molecule has 29 heavy (non-hydrogen) atoms. The Labute approximate surface area is 175 Å². The van der Waals surface area contributed by atoms with Crippen LogP contribution in [0.4, 0.5) is 0 Å². The first-order valence-electron chi connectivity index (χ1n) is 10.1. The molecule has 4 rings (SSSR count). The van der Waals surface area contributed by atoms with Crippen LogP contribution >= 0.6 is 11.6 Å². The normalized spacial score (nSPS) is 21.5. The summed E-state index contributed by atoms with van der Waals surface area (Å²) in [4.78, 5) is 20.4. The van der Waals surface area contributed by atoms with E-state index in [0.29, 0.717) is 18.0 Å². The van der Waals surface area contributed by atoms with Crippen molar-refractivity contribution in [3.63, 3.8) is 0 Å². The minimum atomic E-state index is 0.0796. The lowest BCUT2D eigenvalue weighted by Crippen LogP contribution is -2.32. The van der Waals surface area contributed by atoms with Gasteiger partial charge in [-0.25, -0.2) is 10.4 Å². The van der Waals surface area contributed by atoms with Gasteiger partial charge >= 0.3 is 0 Å². The van der Waals surface area contributed by atoms with Gasteiger partial charge in [-0.2, -0.15) is 0 Å². The van der Waals surface area contributed by atoms with Gasteiger partial charge in [0.05, 0.1) is 17.1 Å². The van der Waals surface area contributed by atoms with Gasteiger partial charge in [0.1, 0.15) is 5.82 Å². The van der Waals surface area contributed by atoms with Crippen molar-refractivity contribution in [1.29, 1.82) is 0 Å². The van der Waals surface area contributed by atoms with E-state index in [4.69, 9.17) is 11.6 Å². The van der Waals surface area contributed by atoms with E-state index in [1.165, 1.54) is 0 Å². The fourth-order valence-corrected chi connectivity index (χ4v) is 4.04. The first kappa shape index (κ1) is 19.9. The molecule has 1 aliphatic heterocycles. The average Bonchev–Trinajstić information content (AvgIpc) is 3.29. The summed E-state index contributed by atoms with van der Waals surface area (Å²) >= 11 is 6.00. The Hall–Kier alpha value is -2.41. The van der Waals surface area contributed by atoms with Crippen molar-refractivity contribution in [1.82, 2.24) is 26.1 Å². The molecule has 0 bridgehead atoms. The molecule has 0 radical (unpaired) electrons. The van der Waals surface area contributed by atoms with Crippen LogP contribution in [0.25, 0.3) is 11.0 Å². The molecule has 2 heterocycles. The van der Waals surface area contributed by atoms with Crippen LogP contribution in [0.5, 0.6) is 0 Å². The summed E-state index contributed by atoms with van der Waals surface area (Å²) in [5.41, 5.74) is 9.74. The van der Waals surface area contributed by atoms with Crippen molar-refractivity contribution >= 4 is 28.5 Å². The number of halogens is 1. The number of aromatic nitrogens is 2. The van der Waals surface area contributed by atoms with Crippen molar-refractivity contribution in [3.8, 4) is 0 Å². The number of rotatable bonds is 7. The number of hydrazine groups is 1. The summed E-state index contributed by atoms with van der Waals surface area (Å²) < 4.78 is 0. The Bertz CT molecular complexity index is 938. The van der Waals surface area contributed by atoms with Crippen LogP contribution in [-0.4, -0.2) is 28.5 Å². The lowest BCUT2D eigenvalue weighted by atomic mass is 9.87. The highest BCUT2D eigenvalue weighted by Gasteiger charge is 2.35. The van der Waals surface area contributed by atoms with E-state index < -0.39 is 0 Å². The molecule has 0 saturated carbocycles. The molecule has 0 spiro atoms. The molecular weight excluding hydrogens is 386 g/mol. The van der Waals surface area contributed by atoms with Crippen molar-refractivity contribution < 1.29 is 4.79 Å². The highest BCUT2D eigenvalue weighted by atomic mass is 35.5. The van der Waals surface area contributed by atoms with E-state index in [1.54, 1.807) is 0 Å². The van der Waals surface area contributed by atoms with Crippen LogP contribution in [-0.2, 0) is 11.2 Å². The standard InChI is InChI=1S/C22H26ClN5O/c1-14-17(22(28-27-14)15-8-10-16(23)11-9-15)13-21(29)24-12-4-7-20-25-18-5-2-3-6-19(18)26-20/h2-3,5-6,8-11,14,17,22,27-28H,4,7,12-13H2,1H3,(H,24,29)(H,25,26). The number of hydrogen-bond acceptors (Lipinski definition) is 4. The highest BCUT2D eigenvalue weighted by Crippen LogP contribution is 2.31. The van der Waals surface area contributed by atoms with Crippen molar-refractivity contribution in [3.05, 3.63) is 64.9 Å². The number of fused-ring (bicyclic) bond motifs is 1. The number of nitrogens with zero attached hydrogens (tertiary/aromatic N) is 1. The van der Waals surface area contributed by atoms with E-state index in [9.17, 15) is 4.79 Å². The van der Waals surface area contributed by atoms with Crippen LogP contribution in [0.1, 0.15) is 37.2 Å². The number of benzene rings is 2. The van der Waals surface area contributed by atoms with Gasteiger partial charge in [-0.3, -0.25) is 10.2 Å². The van der Waals surface area contributed by atoms with Gasteiger partial charge in [0.15, 0.2) is 0 Å². The van der Waals surface area contributed by atoms with Crippen molar-refractivity contribution in [2.45, 2.75) is 38.3 Å². The minimum Gasteiger partial charge on any atom is -0.356 e. The fourth-order valence-electron chi connectivity index (χ4n) is 3.91. The second-order valence-corrected chi connectivity index (χ2v) is 8.07. The van der Waals surface area contributed by atoms with E-state index in [1.807, 2.05) is 48.5 Å². The second kappa shape index (κ2) is 8.95. The van der Waals surface area contributed by atoms with Crippen LogP contribution in [0.3, 0.4) is 0 Å². The number of hydrogen-bond donors (Lipinski definition) is 4. The maximum atomic E-state index is 12.5. The zero-order valence-electron chi connectivity index (χ0n) is 16.4. The number of carbonyl (C=O) groups is 1. The number of H-pyrrole nitrogens is 1. The second-order valence-electron chi connectivity index (χ2n) is 7.63. The molecule has 3 unspecified atom stereocenters. The van der Waals surface area contributed by atoms with Crippen molar-refractivity contribution in [2.75, 3.05) is 6.54 Å². The van der Waals surface area contributed by atoms with Gasteiger partial charge in [0.25, 0.3) is 0 Å². The number of carbonyl (C=O) groups excluding carboxylic acids is 1. The lowest BCUT2D eigenvalue weighted by molar-refractivity contribution is -0.122. The van der Waals surface area contributed by atoms with Crippen molar-refractivity contribution in [2.24, 2.45) is 5.92 Å². The van der Waals surface area contributed by atoms with Crippen LogP contribution in [0.2, 0.25) is 5.02 Å². The molecule has 0 aliphatic carbocycles. The van der Waals surface area contributed by atoms with Gasteiger partial charge in [0.2, 0.25) is 5.91 Å². The molecule has 152 valence electrons. The molecule has 3 atom stereocenters. The third kappa shape index (κ3) is 4.78. The predicted molar refractivity (Wildman–Crippen MR) is 115 cm³/mol. The molecule has 6 nitrogen and oxygen atoms in total. The zero-order valence-corrected chi connectivity index (χ0v) is 17.2. The number of aromatic amines is 1. The van der Waals surface area contributed by atoms with Crippen LogP contribution in [0, 0.1) is 5.92 Å². The number of aryl methyl sites for hydroxylation is 1. The van der Waals surface area contributed by atoms with E-state index >= 15 is 0 Å². The predicted octanol–water partition coefficient (Wildman–Crippen LogP) is 3.51. The summed E-state index contributed by atoms with van der Waals surface area (Å²) in [6.45, 7) is 2.74. The Morgan fingerprint density at radius 3 is 2.72 bits per heavy atom. The highest BCUT2D eigenvalue weighted by molar-refractivity contribution is 6.30. The van der Waals surface area contributed by atoms with Crippen LogP contribution < -0.4 is 16.2 Å². The average molecular weight is 412 g/mol. The molecule has 1 fully saturated rings. The molecule has 4 N–H and O–H groups in total. The topological polar surface area (TPSA) is 81.8 Å². The largest absolute Gasteiger partial charge is 0.356 e. The number of imidazole rings is 1. The monoisotopic (exact) mass is 411 g/mol. The third-order valence-electron chi connectivity index (χ3n) is 5.54. The summed E-state index contributed by atoms with van der Waals surface area (Å²) in [5, 5.41) is 3.77. The maximum Gasteiger partial charge on any atom is 0.220 e. The molecule has 1 amide bonds. The molecular formula is C22H26ClN5O. The number of para-hydroxylation sites is 2. The van der Waals surface area contributed by atoms with E-state index in [2.05, 4.69) is 33.1 Å². The fraction of sp³-hybridized carbons (Fsp3) is 0.364. The van der Waals surface area contributed by atoms with Gasteiger partial charge < -0.3 is 10.3 Å². The Kier molecular flexibility index (Phi) is 6.13. The van der Waals surface area contributed by atoms with Gasteiger partial charge in [-0.15, -0.1) is 0 Å². The molecule has 7 heteroatoms. The van der Waals surface area contributed by atoms with Gasteiger partial charge in [-0.05, 0) is 43.2 Å². The first-order valence-corrected chi connectivity index (χ1v) is 10.4. The van der Waals surface area contributed by atoms with E-state index in [0.717, 1.165) is 35.3 Å². The molecule has 1 aliphatic rings. The summed E-state index contributed by atoms with van der Waals surface area (Å²) in [7, 11) is 0. The van der Waals surface area contributed by atoms with Gasteiger partial charge in [-0.1, -0.05) is 35.9 Å². The summed E-state index contributed by atoms with van der Waals surface area (Å²) in [6.07, 6.45) is 2.13. The Morgan fingerprint density at radius 1 is 1.14 bits per heavy atom. The molecule has 3 aromatic rings. The SMILES string of the molecule is CC1NNC(c2ccc(Cl)cc2)C1CC(=O)NCCCc1nc2ccccc2[nH]1. The lowest BCUT2D eigenvalue weighted by Gasteiger charge is -2.21.